The first-order chi connectivity index (χ1) is 63.8. The summed E-state index contributed by atoms with van der Waals surface area (Å²) in [5.74, 6) is -4.69. The zero-order valence-corrected chi connectivity index (χ0v) is 73.3. The standard InChI is InChI=1S/C76H127N5O54/c1-17-38(94)49(105)54(110)71(117-17)134-64-51(107)41(97)25(9-83)121-75(64)130-59-28(12-86)124-68(35(47(59)103)79-21(5)91)116-16-32-44(100)63(133-70-36(80-22(6)92)48(104)60(29(13-87)125-70)131-76-65(52(108)42(98)26(10-84)122-76)135-72-55(111)50(106)39(95)18(2)118-72)57(113)74(127-32)132-62-37(81-23(7)93)66(114)119-31(43(62)99)15-115-67-34(78-20(4)90)46(102)58(27(11-85)123-67)129-73-56(112)53(109)61(30(14-88)126-73)128-69-33(77-19(3)89)45(101)40(96)24(8-82)120-69/h17-18,24-76,82-88,94-114H,8-16H2,1-7H3,(H,77,89)(H,78,90)(H,79,91)(H,80,92)(H,81,93)/t17-,18-,24+,25+,26+,27+,28+,29+,30+,31+,32+,33+,34+,35+,36+,37+,38+,39+,40+,41-,42-,43-,44-,45+,46+,47+,48+,49+,50+,51-,52-,53+,54-,55-,56+,57+,58+,59+,60+,61-,62+,63-,64+,65+,66?,67+,68+,69+,70-,71-,72-,73-,74-,75-,76-/m0/s1. The van der Waals surface area contributed by atoms with Crippen molar-refractivity contribution in [3.63, 3.8) is 0 Å². The van der Waals surface area contributed by atoms with Crippen LogP contribution in [0.3, 0.4) is 0 Å². The van der Waals surface area contributed by atoms with E-state index in [1.165, 1.54) is 13.8 Å². The van der Waals surface area contributed by atoms with Gasteiger partial charge in [0.05, 0.1) is 71.7 Å². The molecule has 55 atom stereocenters. The molecule has 11 fully saturated rings. The predicted molar refractivity (Wildman–Crippen MR) is 417 cm³/mol. The summed E-state index contributed by atoms with van der Waals surface area (Å²) < 4.78 is 125. The maximum Gasteiger partial charge on any atom is 0.217 e. The molecule has 5 amide bonds. The third-order valence-electron chi connectivity index (χ3n) is 24.9. The Morgan fingerprint density at radius 3 is 0.837 bits per heavy atom. The zero-order valence-electron chi connectivity index (χ0n) is 73.3. The van der Waals surface area contributed by atoms with Gasteiger partial charge in [-0.25, -0.2) is 0 Å². The Balaban J connectivity index is 0.874. The number of nitrogens with one attached hydrogen (secondary N) is 5. The van der Waals surface area contributed by atoms with E-state index in [9.17, 15) is 167 Å². The van der Waals surface area contributed by atoms with E-state index in [1.54, 1.807) is 0 Å². The Labute approximate surface area is 765 Å². The predicted octanol–water partition coefficient (Wildman–Crippen LogP) is -22.2. The Morgan fingerprint density at radius 2 is 0.452 bits per heavy atom. The van der Waals surface area contributed by atoms with Crippen LogP contribution < -0.4 is 26.6 Å². The van der Waals surface area contributed by atoms with Gasteiger partial charge in [-0.05, 0) is 13.8 Å². The maximum absolute atomic E-state index is 13.4. The number of amides is 5. The summed E-state index contributed by atoms with van der Waals surface area (Å²) in [4.78, 5) is 64.9. The lowest BCUT2D eigenvalue weighted by Gasteiger charge is -2.51. The monoisotopic (exact) mass is 1970 g/mol. The summed E-state index contributed by atoms with van der Waals surface area (Å²) in [6.07, 6.45) is -101. The molecule has 11 saturated heterocycles. The molecule has 11 rings (SSSR count). The molecule has 0 radical (unpaired) electrons. The van der Waals surface area contributed by atoms with Gasteiger partial charge in [0.2, 0.25) is 29.5 Å². The van der Waals surface area contributed by atoms with Gasteiger partial charge in [-0.3, -0.25) is 24.0 Å². The molecule has 0 aromatic rings. The minimum Gasteiger partial charge on any atom is -0.394 e. The van der Waals surface area contributed by atoms with Crippen molar-refractivity contribution in [2.45, 2.75) is 386 Å². The van der Waals surface area contributed by atoms with Crippen LogP contribution in [0.5, 0.6) is 0 Å². The lowest BCUT2D eigenvalue weighted by Crippen LogP contribution is -2.71. The van der Waals surface area contributed by atoms with E-state index in [0.717, 1.165) is 34.6 Å². The van der Waals surface area contributed by atoms with E-state index in [0.29, 0.717) is 0 Å². The summed E-state index contributed by atoms with van der Waals surface area (Å²) in [7, 11) is 0. The molecule has 33 N–H and O–H groups in total. The molecule has 59 heteroatoms. The molecule has 135 heavy (non-hydrogen) atoms. The fourth-order valence-corrected chi connectivity index (χ4v) is 17.6. The van der Waals surface area contributed by atoms with Crippen molar-refractivity contribution >= 4 is 29.5 Å². The fraction of sp³-hybridized carbons (Fsp3) is 0.934. The normalized spacial score (nSPS) is 49.5. The molecule has 59 nitrogen and oxygen atoms in total. The molecular weight excluding hydrogens is 1850 g/mol. The van der Waals surface area contributed by atoms with Crippen LogP contribution in [0.2, 0.25) is 0 Å². The Kier molecular flexibility index (Phi) is 39.5. The average molecular weight is 1970 g/mol. The van der Waals surface area contributed by atoms with Crippen molar-refractivity contribution in [1.82, 2.24) is 26.6 Å². The Hall–Kier alpha value is -4.61. The smallest absolute Gasteiger partial charge is 0.217 e. The van der Waals surface area contributed by atoms with Gasteiger partial charge in [0.25, 0.3) is 0 Å². The molecular formula is C76H127N5O54. The van der Waals surface area contributed by atoms with Gasteiger partial charge in [-0.15, -0.1) is 0 Å². The van der Waals surface area contributed by atoms with Crippen molar-refractivity contribution in [3.05, 3.63) is 0 Å². The number of carbonyl (C=O) groups is 5. The number of aliphatic hydroxyl groups excluding tert-OH is 28. The largest absolute Gasteiger partial charge is 0.394 e. The van der Waals surface area contributed by atoms with Crippen molar-refractivity contribution in [2.75, 3.05) is 59.5 Å². The summed E-state index contributed by atoms with van der Waals surface area (Å²) in [6, 6.07) is -9.52. The van der Waals surface area contributed by atoms with Gasteiger partial charge in [-0.2, -0.15) is 0 Å². The summed E-state index contributed by atoms with van der Waals surface area (Å²) in [6.45, 7) is -2.64. The van der Waals surface area contributed by atoms with Crippen LogP contribution in [0.15, 0.2) is 0 Å². The van der Waals surface area contributed by atoms with E-state index >= 15 is 0 Å². The first-order valence-corrected chi connectivity index (χ1v) is 43.4. The third-order valence-corrected chi connectivity index (χ3v) is 24.9. The highest BCUT2D eigenvalue weighted by Crippen LogP contribution is 2.42. The number of rotatable bonds is 34. The molecule has 780 valence electrons. The van der Waals surface area contributed by atoms with E-state index in [4.69, 9.17) is 99.5 Å². The highest BCUT2D eigenvalue weighted by molar-refractivity contribution is 5.75. The van der Waals surface area contributed by atoms with E-state index in [1.807, 2.05) is 0 Å². The number of ether oxygens (including phenoxy) is 21. The molecule has 11 aliphatic heterocycles. The highest BCUT2D eigenvalue weighted by atomic mass is 16.8. The summed E-state index contributed by atoms with van der Waals surface area (Å²) >= 11 is 0. The van der Waals surface area contributed by atoms with E-state index in [2.05, 4.69) is 26.6 Å². The number of hydrogen-bond donors (Lipinski definition) is 33. The van der Waals surface area contributed by atoms with Gasteiger partial charge in [0.1, 0.15) is 256 Å². The quantitative estimate of drug-likeness (QED) is 0.0284. The Morgan fingerprint density at radius 1 is 0.207 bits per heavy atom. The van der Waals surface area contributed by atoms with Gasteiger partial charge in [0, 0.05) is 34.6 Å². The third kappa shape index (κ3) is 24.7. The number of hydrogen-bond acceptors (Lipinski definition) is 54. The zero-order chi connectivity index (χ0) is 99.4. The minimum atomic E-state index is -2.60. The molecule has 0 aromatic heterocycles. The SMILES string of the molecule is CC(=O)N[C@H]1[C@H](OC[C@H]2OC(O)[C@H](NC(C)=O)[C@@H](O[C@@H]3O[C@H](CO[C@@H]4O[C@H](CO)[C@@H](O[C@@H]5O[C@H](CO)[C@H](O)[C@H](O)[C@H]5O[C@@H]5O[C@@H](C)[C@@H](O)[C@@H](O)[C@@H]5O)[C@H](O)[C@H]4NC(C)=O)[C@H](O)[C@H](O[C@@H]4O[C@H](CO)[C@@H](O[C@@H]5O[C@H](CO)[C@H](O)[C@H](O)[C@H]5O[C@@H]5O[C@@H](C)[C@@H](O)[C@@H](O)[C@@H]5O)[C@H](O)[C@H]4NC(C)=O)[C@H]3O)[C@H]2O)O[C@H](CO)[C@@H](O[C@@H]2O[C@H](CO)[C@H](O[C@H]3O[C@H](CO)[C@@H](O)[C@H](O)[C@H]3NC(C)=O)[C@H](O)[C@H]2O)[C@@H]1O. The van der Waals surface area contributed by atoms with E-state index in [-0.39, 0.29) is 0 Å². The molecule has 11 aliphatic rings. The lowest BCUT2D eigenvalue weighted by atomic mass is 9.93. The van der Waals surface area contributed by atoms with Crippen LogP contribution in [-0.4, -0.2) is 569 Å². The fourth-order valence-electron chi connectivity index (χ4n) is 17.6. The number of carbonyl (C=O) groups excluding carboxylic acids is 5. The van der Waals surface area contributed by atoms with Crippen LogP contribution in [-0.2, 0) is 123 Å². The van der Waals surface area contributed by atoms with Crippen LogP contribution in [0.4, 0.5) is 0 Å². The molecule has 0 aliphatic carbocycles. The second kappa shape index (κ2) is 48.2. The first kappa shape index (κ1) is 111. The highest BCUT2D eigenvalue weighted by Gasteiger charge is 2.63. The van der Waals surface area contributed by atoms with Crippen molar-refractivity contribution in [2.24, 2.45) is 0 Å². The van der Waals surface area contributed by atoms with Gasteiger partial charge in [0.15, 0.2) is 69.2 Å². The van der Waals surface area contributed by atoms with Crippen LogP contribution in [0.1, 0.15) is 48.5 Å². The van der Waals surface area contributed by atoms with Gasteiger partial charge < -0.3 is 269 Å². The summed E-state index contributed by atoms with van der Waals surface area (Å²) in [5, 5.41) is 327. The van der Waals surface area contributed by atoms with Gasteiger partial charge in [-0.1, -0.05) is 0 Å². The lowest BCUT2D eigenvalue weighted by molar-refractivity contribution is -0.392. The molecule has 0 spiro atoms. The van der Waals surface area contributed by atoms with Gasteiger partial charge >= 0.3 is 0 Å². The molecule has 0 saturated carbocycles. The topological polar surface area (TPSA) is 906 Å². The van der Waals surface area contributed by atoms with E-state index < -0.39 is 426 Å². The molecule has 0 aromatic carbocycles. The Bertz CT molecular complexity index is 3750. The first-order valence-electron chi connectivity index (χ1n) is 43.4. The van der Waals surface area contributed by atoms with Crippen LogP contribution in [0, 0.1) is 0 Å². The molecule has 11 heterocycles. The maximum atomic E-state index is 13.4. The minimum absolute atomic E-state index is 0.778. The van der Waals surface area contributed by atoms with Crippen molar-refractivity contribution in [3.8, 4) is 0 Å². The second-order valence-corrected chi connectivity index (χ2v) is 34.5. The van der Waals surface area contributed by atoms with Crippen molar-refractivity contribution in [1.29, 1.82) is 0 Å². The molecule has 1 unspecified atom stereocenters. The summed E-state index contributed by atoms with van der Waals surface area (Å²) in [5.41, 5.74) is 0. The molecule has 0 bridgehead atoms. The van der Waals surface area contributed by atoms with Crippen molar-refractivity contribution < 1.29 is 266 Å². The van der Waals surface area contributed by atoms with Crippen LogP contribution in [0.25, 0.3) is 0 Å². The van der Waals surface area contributed by atoms with Crippen LogP contribution >= 0.6 is 0 Å². The second-order valence-electron chi connectivity index (χ2n) is 34.5. The number of aliphatic hydroxyl groups is 28. The average Bonchev–Trinajstić information content (AvgIpc) is 0.776.